The minimum Gasteiger partial charge on any atom is -0.479 e. The summed E-state index contributed by atoms with van der Waals surface area (Å²) in [4.78, 5) is 22.1. The van der Waals surface area contributed by atoms with Gasteiger partial charge in [-0.3, -0.25) is 9.69 Å². The van der Waals surface area contributed by atoms with Gasteiger partial charge < -0.3 is 21.5 Å². The van der Waals surface area contributed by atoms with E-state index in [1.807, 2.05) is 13.1 Å². The van der Waals surface area contributed by atoms with Gasteiger partial charge >= 0.3 is 0 Å². The van der Waals surface area contributed by atoms with E-state index in [1.54, 1.807) is 35.7 Å². The van der Waals surface area contributed by atoms with Crippen LogP contribution >= 0.6 is 45.3 Å². The van der Waals surface area contributed by atoms with Gasteiger partial charge in [0.2, 0.25) is 0 Å². The molecular formula is C24H32IN5O2S2. The van der Waals surface area contributed by atoms with Crippen LogP contribution in [0.2, 0.25) is 0 Å². The van der Waals surface area contributed by atoms with Crippen LogP contribution in [0.25, 0.3) is 9.88 Å². The summed E-state index contributed by atoms with van der Waals surface area (Å²) in [5, 5.41) is 6.21. The fourth-order valence-corrected chi connectivity index (χ4v) is 6.72. The van der Waals surface area contributed by atoms with E-state index in [0.717, 1.165) is 37.5 Å². The molecule has 0 aliphatic carbocycles. The van der Waals surface area contributed by atoms with Crippen molar-refractivity contribution in [2.75, 3.05) is 26.2 Å². The molecule has 1 saturated heterocycles. The molecule has 1 aliphatic heterocycles. The second-order valence-corrected chi connectivity index (χ2v) is 11.4. The first kappa shape index (κ1) is 26.7. The van der Waals surface area contributed by atoms with Crippen molar-refractivity contribution >= 4 is 51.2 Å². The molecule has 5 N–H and O–H groups in total. The Morgan fingerprint density at radius 2 is 2.15 bits per heavy atom. The van der Waals surface area contributed by atoms with Gasteiger partial charge in [-0.2, -0.15) is 0 Å². The summed E-state index contributed by atoms with van der Waals surface area (Å²) in [6.07, 6.45) is 5.64. The summed E-state index contributed by atoms with van der Waals surface area (Å²) in [6, 6.07) is 2.13. The number of aromatic nitrogens is 1. The van der Waals surface area contributed by atoms with Gasteiger partial charge in [0.1, 0.15) is 5.01 Å². The van der Waals surface area contributed by atoms with Crippen molar-refractivity contribution < 1.29 is 9.53 Å². The molecule has 0 radical (unpaired) electrons. The van der Waals surface area contributed by atoms with Crippen molar-refractivity contribution in [1.82, 2.24) is 15.2 Å². The van der Waals surface area contributed by atoms with E-state index in [0.29, 0.717) is 35.9 Å². The third kappa shape index (κ3) is 7.30. The lowest BCUT2D eigenvalue weighted by atomic mass is 9.96. The number of thiophene rings is 1. The number of hydrogen-bond acceptors (Lipinski definition) is 8. The van der Waals surface area contributed by atoms with Crippen molar-refractivity contribution in [1.29, 1.82) is 0 Å². The summed E-state index contributed by atoms with van der Waals surface area (Å²) in [7, 11) is 0. The number of amides is 1. The molecule has 0 unspecified atom stereocenters. The number of carbonyl (C=O) groups is 1. The van der Waals surface area contributed by atoms with Crippen molar-refractivity contribution in [3.8, 4) is 9.88 Å². The van der Waals surface area contributed by atoms with Gasteiger partial charge in [0.15, 0.2) is 5.88 Å². The van der Waals surface area contributed by atoms with Crippen LogP contribution in [-0.2, 0) is 16.1 Å². The number of allylic oxidation sites excluding steroid dienone is 1. The monoisotopic (exact) mass is 613 g/mol. The highest BCUT2D eigenvalue weighted by Crippen LogP contribution is 2.34. The first-order valence-corrected chi connectivity index (χ1v) is 14.0. The zero-order valence-corrected chi connectivity index (χ0v) is 23.4. The first-order valence-electron chi connectivity index (χ1n) is 11.2. The Labute approximate surface area is 223 Å². The molecular weight excluding hydrogens is 581 g/mol. The third-order valence-corrected chi connectivity index (χ3v) is 9.04. The van der Waals surface area contributed by atoms with Crippen LogP contribution in [0.15, 0.2) is 53.0 Å². The minimum absolute atomic E-state index is 0.214. The molecule has 1 aliphatic rings. The van der Waals surface area contributed by atoms with Crippen LogP contribution in [0.1, 0.15) is 31.6 Å². The van der Waals surface area contributed by atoms with Gasteiger partial charge in [0.05, 0.1) is 11.5 Å². The summed E-state index contributed by atoms with van der Waals surface area (Å²) in [5.74, 6) is 0.495. The molecule has 0 atom stereocenters. The third-order valence-electron chi connectivity index (χ3n) is 5.73. The van der Waals surface area contributed by atoms with Crippen molar-refractivity contribution in [2.45, 2.75) is 33.2 Å². The molecule has 3 rings (SSSR count). The van der Waals surface area contributed by atoms with Crippen molar-refractivity contribution in [3.05, 3.63) is 61.5 Å². The molecule has 2 aromatic rings. The lowest BCUT2D eigenvalue weighted by molar-refractivity contribution is -0.117. The van der Waals surface area contributed by atoms with E-state index < -0.39 is 0 Å². The molecule has 0 aromatic carbocycles. The number of piperidine rings is 1. The van der Waals surface area contributed by atoms with Crippen LogP contribution < -0.4 is 16.8 Å². The Morgan fingerprint density at radius 3 is 2.79 bits per heavy atom. The van der Waals surface area contributed by atoms with E-state index in [2.05, 4.69) is 55.8 Å². The largest absolute Gasteiger partial charge is 0.479 e. The zero-order chi connectivity index (χ0) is 24.7. The number of thiazole rings is 1. The van der Waals surface area contributed by atoms with Crippen molar-refractivity contribution in [3.63, 3.8) is 0 Å². The highest BCUT2D eigenvalue weighted by Gasteiger charge is 2.21. The summed E-state index contributed by atoms with van der Waals surface area (Å²) in [6.45, 7) is 11.5. The van der Waals surface area contributed by atoms with Crippen LogP contribution in [0.4, 0.5) is 0 Å². The predicted octanol–water partition coefficient (Wildman–Crippen LogP) is 4.43. The van der Waals surface area contributed by atoms with E-state index in [4.69, 9.17) is 16.2 Å². The number of ether oxygens (including phenoxy) is 1. The number of rotatable bonds is 10. The van der Waals surface area contributed by atoms with E-state index in [1.165, 1.54) is 13.3 Å². The molecule has 7 nitrogen and oxygen atoms in total. The maximum absolute atomic E-state index is 12.5. The summed E-state index contributed by atoms with van der Waals surface area (Å²) >= 11 is 5.89. The molecule has 0 bridgehead atoms. The quantitative estimate of drug-likeness (QED) is 0.159. The highest BCUT2D eigenvalue weighted by atomic mass is 127. The average Bonchev–Trinajstić information content (AvgIpc) is 3.46. The lowest BCUT2D eigenvalue weighted by Gasteiger charge is -2.31. The number of nitrogens with zero attached hydrogens (tertiary/aromatic N) is 2. The number of nitrogens with one attached hydrogen (secondary N) is 1. The number of hydrogen-bond donors (Lipinski definition) is 3. The number of nitrogens with two attached hydrogens (primary N) is 2. The summed E-state index contributed by atoms with van der Waals surface area (Å²) in [5.41, 5.74) is 13.1. The molecule has 3 heterocycles. The first-order chi connectivity index (χ1) is 16.3. The highest BCUT2D eigenvalue weighted by molar-refractivity contribution is 14.1. The van der Waals surface area contributed by atoms with Crippen LogP contribution in [-0.4, -0.2) is 42.0 Å². The number of halogens is 1. The molecule has 34 heavy (non-hydrogen) atoms. The maximum Gasteiger partial charge on any atom is 0.250 e. The average molecular weight is 614 g/mol. The SMILES string of the molecule is C=C(/C=C(N)\C(C)=C(/N)OCC)C(=O)NCC1CCN(Cc2cnc(-c3sccc3I)s2)CC1. The van der Waals surface area contributed by atoms with E-state index >= 15 is 0 Å². The molecule has 1 fully saturated rings. The maximum atomic E-state index is 12.5. The Hall–Kier alpha value is -1.89. The van der Waals surface area contributed by atoms with Gasteiger partial charge in [-0.15, -0.1) is 22.7 Å². The number of likely N-dealkylation sites (tertiary alicyclic amines) is 1. The topological polar surface area (TPSA) is 106 Å². The van der Waals surface area contributed by atoms with Crippen LogP contribution in [0.3, 0.4) is 0 Å². The van der Waals surface area contributed by atoms with Gasteiger partial charge in [-0.05, 0) is 85.8 Å². The Morgan fingerprint density at radius 1 is 1.41 bits per heavy atom. The fourth-order valence-electron chi connectivity index (χ4n) is 3.62. The lowest BCUT2D eigenvalue weighted by Crippen LogP contribution is -2.38. The Bertz CT molecular complexity index is 1070. The Balaban J connectivity index is 1.42. The van der Waals surface area contributed by atoms with Gasteiger partial charge in [-0.1, -0.05) is 6.58 Å². The van der Waals surface area contributed by atoms with Gasteiger partial charge in [0.25, 0.3) is 5.91 Å². The fraction of sp³-hybridized carbons (Fsp3) is 0.417. The summed E-state index contributed by atoms with van der Waals surface area (Å²) < 4.78 is 6.52. The smallest absolute Gasteiger partial charge is 0.250 e. The molecule has 1 amide bonds. The molecule has 10 heteroatoms. The molecule has 2 aromatic heterocycles. The van der Waals surface area contributed by atoms with E-state index in [9.17, 15) is 4.79 Å². The second kappa shape index (κ2) is 12.7. The standard InChI is InChI=1S/C24H32IN5O2S2/c1-4-32-22(27)16(3)20(26)11-15(2)23(31)28-12-17-5-8-30(9-6-17)14-18-13-29-24(34-18)21-19(25)7-10-33-21/h7,10-11,13,17H,2,4-6,8-9,12,14,26-27H2,1,3H3,(H,28,31)/b20-11+,22-16+. The Kier molecular flexibility index (Phi) is 9.98. The van der Waals surface area contributed by atoms with Crippen molar-refractivity contribution in [2.24, 2.45) is 17.4 Å². The minimum atomic E-state index is -0.214. The second-order valence-electron chi connectivity index (χ2n) is 8.21. The van der Waals surface area contributed by atoms with Gasteiger partial charge in [-0.25, -0.2) is 4.98 Å². The molecule has 0 spiro atoms. The van der Waals surface area contributed by atoms with Crippen LogP contribution in [0.5, 0.6) is 0 Å². The van der Waals surface area contributed by atoms with Crippen LogP contribution in [0, 0.1) is 9.49 Å². The van der Waals surface area contributed by atoms with E-state index in [-0.39, 0.29) is 11.8 Å². The molecule has 184 valence electrons. The van der Waals surface area contributed by atoms with Gasteiger partial charge in [0, 0.05) is 44.6 Å². The number of carbonyl (C=O) groups excluding carboxylic acids is 1. The zero-order valence-electron chi connectivity index (χ0n) is 19.6. The normalized spacial score (nSPS) is 16.3. The molecule has 0 saturated carbocycles. The predicted molar refractivity (Wildman–Crippen MR) is 149 cm³/mol.